The third kappa shape index (κ3) is 4.87. The van der Waals surface area contributed by atoms with Gasteiger partial charge in [-0.2, -0.15) is 13.2 Å². The van der Waals surface area contributed by atoms with E-state index in [1.165, 1.54) is 24.4 Å². The Labute approximate surface area is 169 Å². The fourth-order valence-electron chi connectivity index (χ4n) is 2.68. The van der Waals surface area contributed by atoms with Crippen LogP contribution in [0.1, 0.15) is 15.9 Å². The molecule has 0 saturated heterocycles. The molecule has 3 rings (SSSR count). The Balaban J connectivity index is 1.94. The molecule has 0 aliphatic carbocycles. The van der Waals surface area contributed by atoms with Gasteiger partial charge < -0.3 is 20.3 Å². The number of aliphatic hydroxyl groups is 1. The first-order valence-electron chi connectivity index (χ1n) is 8.77. The molecule has 0 saturated carbocycles. The predicted octanol–water partition coefficient (Wildman–Crippen LogP) is 4.03. The van der Waals surface area contributed by atoms with Crippen LogP contribution in [0, 0.1) is 0 Å². The number of halogens is 3. The summed E-state index contributed by atoms with van der Waals surface area (Å²) < 4.78 is 49.3. The van der Waals surface area contributed by atoms with E-state index in [-0.39, 0.29) is 36.2 Å². The van der Waals surface area contributed by atoms with Crippen molar-refractivity contribution in [2.24, 2.45) is 5.73 Å². The number of nitrogens with zero attached hydrogens (tertiary/aromatic N) is 1. The lowest BCUT2D eigenvalue weighted by atomic mass is 10.0. The van der Waals surface area contributed by atoms with Crippen molar-refractivity contribution in [3.63, 3.8) is 0 Å². The van der Waals surface area contributed by atoms with Crippen LogP contribution in [0.2, 0.25) is 0 Å². The van der Waals surface area contributed by atoms with Gasteiger partial charge in [0.2, 0.25) is 5.88 Å². The highest BCUT2D eigenvalue weighted by Crippen LogP contribution is 2.35. The van der Waals surface area contributed by atoms with Crippen LogP contribution in [0.25, 0.3) is 11.1 Å². The van der Waals surface area contributed by atoms with Crippen LogP contribution in [0.4, 0.5) is 13.2 Å². The molecule has 3 aromatic rings. The Kier molecular flexibility index (Phi) is 6.22. The third-order valence-electron chi connectivity index (χ3n) is 4.07. The highest BCUT2D eigenvalue weighted by Gasteiger charge is 2.30. The van der Waals surface area contributed by atoms with E-state index < -0.39 is 17.6 Å². The molecule has 156 valence electrons. The van der Waals surface area contributed by atoms with Gasteiger partial charge in [-0.1, -0.05) is 6.07 Å². The predicted molar refractivity (Wildman–Crippen MR) is 102 cm³/mol. The van der Waals surface area contributed by atoms with Crippen molar-refractivity contribution < 1.29 is 32.5 Å². The lowest BCUT2D eigenvalue weighted by Crippen LogP contribution is -2.14. The highest BCUT2D eigenvalue weighted by molar-refractivity contribution is 5.96. The number of aromatic nitrogens is 1. The molecule has 0 unspecified atom stereocenters. The van der Waals surface area contributed by atoms with Crippen LogP contribution in [-0.2, 0) is 6.18 Å². The minimum Gasteiger partial charge on any atom is -0.490 e. The maximum Gasteiger partial charge on any atom is 0.416 e. The lowest BCUT2D eigenvalue weighted by Gasteiger charge is -2.14. The van der Waals surface area contributed by atoms with Crippen molar-refractivity contribution in [3.05, 3.63) is 71.9 Å². The fraction of sp³-hybridized carbons (Fsp3) is 0.143. The van der Waals surface area contributed by atoms with Crippen LogP contribution >= 0.6 is 0 Å². The highest BCUT2D eigenvalue weighted by atomic mass is 19.4. The third-order valence-corrected chi connectivity index (χ3v) is 4.07. The number of rotatable bonds is 7. The number of carbonyl (C=O) groups is 1. The molecule has 0 bridgehead atoms. The van der Waals surface area contributed by atoms with Crippen molar-refractivity contribution in [2.45, 2.75) is 6.18 Å². The minimum absolute atomic E-state index is 0.0360. The van der Waals surface area contributed by atoms with Crippen molar-refractivity contribution in [1.82, 2.24) is 4.98 Å². The summed E-state index contributed by atoms with van der Waals surface area (Å²) in [6.45, 7) is -0.288. The first-order valence-corrected chi connectivity index (χ1v) is 8.77. The van der Waals surface area contributed by atoms with Gasteiger partial charge in [0.25, 0.3) is 5.91 Å². The van der Waals surface area contributed by atoms with Gasteiger partial charge in [0, 0.05) is 11.8 Å². The molecule has 2 aromatic carbocycles. The molecule has 0 aliphatic rings. The van der Waals surface area contributed by atoms with Crippen molar-refractivity contribution >= 4 is 5.91 Å². The zero-order valence-electron chi connectivity index (χ0n) is 15.5. The summed E-state index contributed by atoms with van der Waals surface area (Å²) in [6, 6.07) is 12.2. The van der Waals surface area contributed by atoms with Gasteiger partial charge in [-0.25, -0.2) is 4.98 Å². The largest absolute Gasteiger partial charge is 0.490 e. The maximum absolute atomic E-state index is 12.7. The Hall–Kier alpha value is -3.59. The Morgan fingerprint density at radius 3 is 2.47 bits per heavy atom. The number of benzene rings is 2. The minimum atomic E-state index is -4.44. The van der Waals surface area contributed by atoms with E-state index in [2.05, 4.69) is 4.98 Å². The molecule has 6 nitrogen and oxygen atoms in total. The molecular formula is C21H17F3N2O4. The molecule has 30 heavy (non-hydrogen) atoms. The number of ether oxygens (including phenoxy) is 2. The summed E-state index contributed by atoms with van der Waals surface area (Å²) in [5, 5.41) is 8.98. The fourth-order valence-corrected chi connectivity index (χ4v) is 2.68. The van der Waals surface area contributed by atoms with Gasteiger partial charge in [0.15, 0.2) is 0 Å². The van der Waals surface area contributed by atoms with E-state index in [0.717, 1.165) is 12.1 Å². The van der Waals surface area contributed by atoms with Crippen molar-refractivity contribution in [2.75, 3.05) is 13.2 Å². The number of aliphatic hydroxyl groups excluding tert-OH is 1. The molecular weight excluding hydrogens is 401 g/mol. The molecule has 0 spiro atoms. The van der Waals surface area contributed by atoms with Crippen LogP contribution < -0.4 is 15.2 Å². The Morgan fingerprint density at radius 1 is 1.10 bits per heavy atom. The molecule has 1 aromatic heterocycles. The quantitative estimate of drug-likeness (QED) is 0.604. The second-order valence-electron chi connectivity index (χ2n) is 6.13. The molecule has 0 aliphatic heterocycles. The number of hydrogen-bond donors (Lipinski definition) is 2. The maximum atomic E-state index is 12.7. The van der Waals surface area contributed by atoms with E-state index in [1.54, 1.807) is 24.3 Å². The Bertz CT molecular complexity index is 1040. The monoisotopic (exact) mass is 418 g/mol. The van der Waals surface area contributed by atoms with Gasteiger partial charge in [0.05, 0.1) is 17.7 Å². The zero-order chi connectivity index (χ0) is 21.7. The van der Waals surface area contributed by atoms with E-state index >= 15 is 0 Å². The molecule has 3 N–H and O–H groups in total. The van der Waals surface area contributed by atoms with E-state index in [1.807, 2.05) is 0 Å². The summed E-state index contributed by atoms with van der Waals surface area (Å²) in [7, 11) is 0. The van der Waals surface area contributed by atoms with Crippen LogP contribution in [0.3, 0.4) is 0 Å². The molecule has 0 atom stereocenters. The van der Waals surface area contributed by atoms with E-state index in [0.29, 0.717) is 11.1 Å². The topological polar surface area (TPSA) is 94.7 Å². The molecule has 9 heteroatoms. The van der Waals surface area contributed by atoms with Gasteiger partial charge in [-0.05, 0) is 54.1 Å². The van der Waals surface area contributed by atoms with E-state index in [9.17, 15) is 18.0 Å². The van der Waals surface area contributed by atoms with Gasteiger partial charge in [-0.15, -0.1) is 0 Å². The van der Waals surface area contributed by atoms with Crippen molar-refractivity contribution in [1.29, 1.82) is 0 Å². The average Bonchev–Trinajstić information content (AvgIpc) is 2.72. The SMILES string of the molecule is NC(=O)c1ccc(-c2cccnc2Oc2ccc(C(F)(F)F)cc2)cc1OCCO. The summed E-state index contributed by atoms with van der Waals surface area (Å²) in [4.78, 5) is 15.8. The number of alkyl halides is 3. The molecule has 1 heterocycles. The van der Waals surface area contributed by atoms with Gasteiger partial charge in [0.1, 0.15) is 18.1 Å². The van der Waals surface area contributed by atoms with Crippen LogP contribution in [0.15, 0.2) is 60.8 Å². The smallest absolute Gasteiger partial charge is 0.416 e. The lowest BCUT2D eigenvalue weighted by molar-refractivity contribution is -0.137. The standard InChI is InChI=1S/C21H17F3N2O4/c22-21(23,24)14-4-6-15(7-5-14)30-20-16(2-1-9-26-20)13-3-8-17(19(25)28)18(12-13)29-11-10-27/h1-9,12,27H,10-11H2,(H2,25,28). The van der Waals surface area contributed by atoms with Gasteiger partial charge >= 0.3 is 6.18 Å². The second kappa shape index (κ2) is 8.83. The molecule has 0 radical (unpaired) electrons. The first kappa shape index (κ1) is 21.1. The summed E-state index contributed by atoms with van der Waals surface area (Å²) in [6.07, 6.45) is -2.97. The van der Waals surface area contributed by atoms with Crippen LogP contribution in [-0.4, -0.2) is 29.2 Å². The van der Waals surface area contributed by atoms with Gasteiger partial charge in [-0.3, -0.25) is 4.79 Å². The number of nitrogens with two attached hydrogens (primary N) is 1. The molecule has 0 fully saturated rings. The normalized spacial score (nSPS) is 11.2. The zero-order valence-corrected chi connectivity index (χ0v) is 15.5. The summed E-state index contributed by atoms with van der Waals surface area (Å²) in [5.41, 5.74) is 5.79. The average molecular weight is 418 g/mol. The number of carbonyl (C=O) groups excluding carboxylic acids is 1. The van der Waals surface area contributed by atoms with E-state index in [4.69, 9.17) is 20.3 Å². The number of hydrogen-bond acceptors (Lipinski definition) is 5. The van der Waals surface area contributed by atoms with Crippen LogP contribution in [0.5, 0.6) is 17.4 Å². The van der Waals surface area contributed by atoms with Crippen molar-refractivity contribution in [3.8, 4) is 28.5 Å². The Morgan fingerprint density at radius 2 is 1.83 bits per heavy atom. The second-order valence-corrected chi connectivity index (χ2v) is 6.13. The first-order chi connectivity index (χ1) is 14.3. The number of primary amides is 1. The number of pyridine rings is 1. The number of amides is 1. The summed E-state index contributed by atoms with van der Waals surface area (Å²) in [5.74, 6) is -0.189. The summed E-state index contributed by atoms with van der Waals surface area (Å²) >= 11 is 0. The molecule has 1 amide bonds.